The van der Waals surface area contributed by atoms with Crippen molar-refractivity contribution in [1.82, 2.24) is 9.97 Å². The Hall–Kier alpha value is -1.53. The second-order valence-electron chi connectivity index (χ2n) is 4.21. The zero-order valence-corrected chi connectivity index (χ0v) is 10.8. The summed E-state index contributed by atoms with van der Waals surface area (Å²) >= 11 is 0. The van der Waals surface area contributed by atoms with Crippen molar-refractivity contribution < 1.29 is 17.9 Å². The van der Waals surface area contributed by atoms with Crippen molar-refractivity contribution in [3.05, 3.63) is 11.8 Å². The van der Waals surface area contributed by atoms with E-state index in [1.165, 1.54) is 0 Å². The molecule has 1 aromatic heterocycles. The van der Waals surface area contributed by atoms with Gasteiger partial charge in [-0.15, -0.1) is 0 Å². The Kier molecular flexibility index (Phi) is 5.85. The third kappa shape index (κ3) is 5.76. The monoisotopic (exact) mass is 277 g/mol. The number of unbranched alkanes of at least 4 members (excludes halogenated alkanes) is 4. The van der Waals surface area contributed by atoms with E-state index < -0.39 is 17.8 Å². The van der Waals surface area contributed by atoms with E-state index in [0.29, 0.717) is 6.61 Å². The molecule has 0 aliphatic carbocycles. The topological polar surface area (TPSA) is 61.0 Å². The molecule has 0 amide bonds. The minimum atomic E-state index is -4.55. The average Bonchev–Trinajstić information content (AvgIpc) is 2.32. The van der Waals surface area contributed by atoms with Gasteiger partial charge in [-0.3, -0.25) is 0 Å². The molecule has 0 aliphatic rings. The van der Waals surface area contributed by atoms with Gasteiger partial charge in [-0.2, -0.15) is 18.2 Å². The number of aromatic nitrogens is 2. The molecule has 0 atom stereocenters. The number of anilines is 1. The van der Waals surface area contributed by atoms with E-state index in [2.05, 4.69) is 16.9 Å². The van der Waals surface area contributed by atoms with E-state index in [1.54, 1.807) is 0 Å². The fourth-order valence-corrected chi connectivity index (χ4v) is 1.54. The minimum Gasteiger partial charge on any atom is -0.478 e. The van der Waals surface area contributed by atoms with Crippen LogP contribution in [0, 0.1) is 0 Å². The number of nitrogens with two attached hydrogens (primary N) is 1. The Morgan fingerprint density at radius 2 is 1.84 bits per heavy atom. The van der Waals surface area contributed by atoms with Crippen molar-refractivity contribution in [2.75, 3.05) is 12.3 Å². The van der Waals surface area contributed by atoms with Gasteiger partial charge in [-0.25, -0.2) is 4.98 Å². The molecule has 0 spiro atoms. The average molecular weight is 277 g/mol. The lowest BCUT2D eigenvalue weighted by molar-refractivity contribution is -0.141. The van der Waals surface area contributed by atoms with Gasteiger partial charge >= 0.3 is 6.18 Å². The van der Waals surface area contributed by atoms with Gasteiger partial charge in [0.25, 0.3) is 0 Å². The first-order valence-corrected chi connectivity index (χ1v) is 6.28. The summed E-state index contributed by atoms with van der Waals surface area (Å²) in [6.07, 6.45) is 0.610. The Morgan fingerprint density at radius 1 is 1.16 bits per heavy atom. The summed E-state index contributed by atoms with van der Waals surface area (Å²) in [6, 6.07) is 0.766. The summed E-state index contributed by atoms with van der Waals surface area (Å²) in [5, 5.41) is 0. The van der Waals surface area contributed by atoms with Gasteiger partial charge in [0, 0.05) is 6.07 Å². The first-order valence-electron chi connectivity index (χ1n) is 6.28. The summed E-state index contributed by atoms with van der Waals surface area (Å²) in [6.45, 7) is 2.44. The Morgan fingerprint density at radius 3 is 2.47 bits per heavy atom. The third-order valence-electron chi connectivity index (χ3n) is 2.51. The van der Waals surface area contributed by atoms with Crippen molar-refractivity contribution in [3.63, 3.8) is 0 Å². The van der Waals surface area contributed by atoms with Gasteiger partial charge in [0.15, 0.2) is 5.69 Å². The van der Waals surface area contributed by atoms with E-state index in [0.717, 1.165) is 38.2 Å². The van der Waals surface area contributed by atoms with Crippen LogP contribution in [0.25, 0.3) is 0 Å². The number of nitrogen functional groups attached to an aromatic ring is 1. The van der Waals surface area contributed by atoms with Gasteiger partial charge in [-0.1, -0.05) is 32.6 Å². The fraction of sp³-hybridized carbons (Fsp3) is 0.667. The van der Waals surface area contributed by atoms with Crippen molar-refractivity contribution in [1.29, 1.82) is 0 Å². The third-order valence-corrected chi connectivity index (χ3v) is 2.51. The van der Waals surface area contributed by atoms with Gasteiger partial charge in [-0.05, 0) is 6.42 Å². The van der Waals surface area contributed by atoms with Crippen LogP contribution in [0.2, 0.25) is 0 Å². The van der Waals surface area contributed by atoms with Crippen LogP contribution < -0.4 is 10.5 Å². The lowest BCUT2D eigenvalue weighted by Gasteiger charge is -2.09. The van der Waals surface area contributed by atoms with Crippen LogP contribution >= 0.6 is 0 Å². The molecule has 1 rings (SSSR count). The van der Waals surface area contributed by atoms with Crippen molar-refractivity contribution in [2.24, 2.45) is 0 Å². The van der Waals surface area contributed by atoms with Crippen LogP contribution in [-0.2, 0) is 6.18 Å². The predicted octanol–water partition coefficient (Wildman–Crippen LogP) is 3.43. The SMILES string of the molecule is CCCCCCCOc1cc(C(F)(F)F)nc(N)n1. The number of rotatable bonds is 7. The molecular formula is C12H18F3N3O. The van der Waals surface area contributed by atoms with Crippen LogP contribution in [0.15, 0.2) is 6.07 Å². The molecule has 0 aromatic carbocycles. The summed E-state index contributed by atoms with van der Waals surface area (Å²) < 4.78 is 42.6. The highest BCUT2D eigenvalue weighted by molar-refractivity contribution is 5.27. The van der Waals surface area contributed by atoms with Crippen LogP contribution in [0.5, 0.6) is 5.88 Å². The number of alkyl halides is 3. The second kappa shape index (κ2) is 7.16. The molecule has 108 valence electrons. The standard InChI is InChI=1S/C12H18F3N3O/c1-2-3-4-5-6-7-19-10-8-9(12(13,14)15)17-11(16)18-10/h8H,2-7H2,1H3,(H2,16,17,18). The molecule has 0 radical (unpaired) electrons. The zero-order valence-electron chi connectivity index (χ0n) is 10.8. The molecule has 0 bridgehead atoms. The maximum Gasteiger partial charge on any atom is 0.433 e. The van der Waals surface area contributed by atoms with Crippen molar-refractivity contribution in [2.45, 2.75) is 45.2 Å². The molecule has 0 saturated heterocycles. The highest BCUT2D eigenvalue weighted by atomic mass is 19.4. The number of nitrogens with zero attached hydrogens (tertiary/aromatic N) is 2. The van der Waals surface area contributed by atoms with E-state index >= 15 is 0 Å². The second-order valence-corrected chi connectivity index (χ2v) is 4.21. The normalized spacial score (nSPS) is 11.6. The van der Waals surface area contributed by atoms with Crippen LogP contribution in [0.3, 0.4) is 0 Å². The predicted molar refractivity (Wildman–Crippen MR) is 65.7 cm³/mol. The summed E-state index contributed by atoms with van der Waals surface area (Å²) in [4.78, 5) is 6.76. The molecule has 0 fully saturated rings. The number of ether oxygens (including phenoxy) is 1. The largest absolute Gasteiger partial charge is 0.478 e. The van der Waals surface area contributed by atoms with Gasteiger partial charge < -0.3 is 10.5 Å². The smallest absolute Gasteiger partial charge is 0.433 e. The molecule has 4 nitrogen and oxygen atoms in total. The van der Waals surface area contributed by atoms with E-state index in [9.17, 15) is 13.2 Å². The van der Waals surface area contributed by atoms with E-state index in [-0.39, 0.29) is 5.88 Å². The minimum absolute atomic E-state index is 0.129. The maximum absolute atomic E-state index is 12.5. The molecule has 0 saturated carbocycles. The fourth-order valence-electron chi connectivity index (χ4n) is 1.54. The molecule has 1 aromatic rings. The lowest BCUT2D eigenvalue weighted by atomic mass is 10.2. The van der Waals surface area contributed by atoms with Gasteiger partial charge in [0.1, 0.15) is 0 Å². The Labute approximate surface area is 110 Å². The molecule has 2 N–H and O–H groups in total. The maximum atomic E-state index is 12.5. The highest BCUT2D eigenvalue weighted by Gasteiger charge is 2.33. The summed E-state index contributed by atoms with van der Waals surface area (Å²) in [5.74, 6) is -0.564. The zero-order chi connectivity index (χ0) is 14.3. The van der Waals surface area contributed by atoms with Crippen LogP contribution in [-0.4, -0.2) is 16.6 Å². The molecule has 7 heteroatoms. The van der Waals surface area contributed by atoms with E-state index in [1.807, 2.05) is 0 Å². The summed E-state index contributed by atoms with van der Waals surface area (Å²) in [5.41, 5.74) is 4.14. The number of halogens is 3. The lowest BCUT2D eigenvalue weighted by Crippen LogP contribution is -2.12. The van der Waals surface area contributed by atoms with Gasteiger partial charge in [0.05, 0.1) is 6.61 Å². The molecule has 0 unspecified atom stereocenters. The van der Waals surface area contributed by atoms with Crippen LogP contribution in [0.4, 0.5) is 19.1 Å². The van der Waals surface area contributed by atoms with Crippen molar-refractivity contribution >= 4 is 5.95 Å². The Bertz CT molecular complexity index is 396. The quantitative estimate of drug-likeness (QED) is 0.776. The number of hydrogen-bond acceptors (Lipinski definition) is 4. The van der Waals surface area contributed by atoms with Crippen LogP contribution in [0.1, 0.15) is 44.7 Å². The Balaban J connectivity index is 2.48. The first kappa shape index (κ1) is 15.5. The number of hydrogen-bond donors (Lipinski definition) is 1. The molecule has 19 heavy (non-hydrogen) atoms. The molecular weight excluding hydrogens is 259 g/mol. The molecule has 1 heterocycles. The first-order chi connectivity index (χ1) is 8.93. The van der Waals surface area contributed by atoms with Crippen molar-refractivity contribution in [3.8, 4) is 5.88 Å². The molecule has 0 aliphatic heterocycles. The van der Waals surface area contributed by atoms with E-state index in [4.69, 9.17) is 10.5 Å². The van der Waals surface area contributed by atoms with Gasteiger partial charge in [0.2, 0.25) is 11.8 Å². The highest BCUT2D eigenvalue weighted by Crippen LogP contribution is 2.29. The summed E-state index contributed by atoms with van der Waals surface area (Å²) in [7, 11) is 0.